The van der Waals surface area contributed by atoms with Crippen molar-refractivity contribution in [1.82, 2.24) is 4.98 Å². The van der Waals surface area contributed by atoms with Crippen molar-refractivity contribution in [1.29, 1.82) is 0 Å². The number of furan rings is 1. The number of rotatable bonds is 4. The number of halogens is 1. The predicted molar refractivity (Wildman–Crippen MR) is 90.2 cm³/mol. The van der Waals surface area contributed by atoms with Gasteiger partial charge in [0.05, 0.1) is 18.4 Å². The smallest absolute Gasteiger partial charge is 0.350 e. The van der Waals surface area contributed by atoms with Gasteiger partial charge in [-0.1, -0.05) is 23.5 Å². The number of nitrogens with zero attached hydrogens (tertiary/aromatic N) is 1. The van der Waals surface area contributed by atoms with Gasteiger partial charge in [-0.25, -0.2) is 14.2 Å². The highest BCUT2D eigenvalue weighted by atomic mass is 32.1. The van der Waals surface area contributed by atoms with Crippen molar-refractivity contribution in [3.05, 3.63) is 58.5 Å². The van der Waals surface area contributed by atoms with Crippen LogP contribution in [0.25, 0.3) is 11.3 Å². The number of benzene rings is 1. The molecule has 25 heavy (non-hydrogen) atoms. The highest BCUT2D eigenvalue weighted by molar-refractivity contribution is 7.17. The van der Waals surface area contributed by atoms with E-state index >= 15 is 0 Å². The van der Waals surface area contributed by atoms with E-state index in [9.17, 15) is 14.0 Å². The third-order valence-corrected chi connectivity index (χ3v) is 4.41. The van der Waals surface area contributed by atoms with Crippen molar-refractivity contribution < 1.29 is 23.1 Å². The Kier molecular flexibility index (Phi) is 4.62. The second kappa shape index (κ2) is 6.86. The summed E-state index contributed by atoms with van der Waals surface area (Å²) in [4.78, 5) is 28.3. The molecule has 1 N–H and O–H groups in total. The van der Waals surface area contributed by atoms with E-state index in [-0.39, 0.29) is 22.2 Å². The van der Waals surface area contributed by atoms with Crippen molar-refractivity contribution in [2.75, 3.05) is 12.4 Å². The number of carbonyl (C=O) groups excluding carboxylic acids is 2. The molecular weight excluding hydrogens is 347 g/mol. The minimum absolute atomic E-state index is 0.00530. The SMILES string of the molecule is COC(=O)c1sc(NC(=O)c2ccc(-c3ccccc3F)o2)nc1C. The van der Waals surface area contributed by atoms with Crippen LogP contribution in [0.3, 0.4) is 0 Å². The van der Waals surface area contributed by atoms with Gasteiger partial charge >= 0.3 is 5.97 Å². The monoisotopic (exact) mass is 360 g/mol. The first-order valence-electron chi connectivity index (χ1n) is 7.21. The van der Waals surface area contributed by atoms with Gasteiger partial charge < -0.3 is 9.15 Å². The van der Waals surface area contributed by atoms with Gasteiger partial charge in [-0.2, -0.15) is 0 Å². The molecule has 0 radical (unpaired) electrons. The summed E-state index contributed by atoms with van der Waals surface area (Å²) in [6, 6.07) is 9.07. The highest BCUT2D eigenvalue weighted by Gasteiger charge is 2.19. The molecule has 0 spiro atoms. The lowest BCUT2D eigenvalue weighted by Gasteiger charge is -2.00. The zero-order valence-corrected chi connectivity index (χ0v) is 14.1. The van der Waals surface area contributed by atoms with Crippen molar-refractivity contribution in [3.63, 3.8) is 0 Å². The van der Waals surface area contributed by atoms with Gasteiger partial charge in [0.15, 0.2) is 10.9 Å². The number of anilines is 1. The van der Waals surface area contributed by atoms with Crippen LogP contribution in [0, 0.1) is 12.7 Å². The molecular formula is C17H13FN2O4S. The number of hydrogen-bond acceptors (Lipinski definition) is 6. The topological polar surface area (TPSA) is 81.4 Å². The first-order valence-corrected chi connectivity index (χ1v) is 8.03. The van der Waals surface area contributed by atoms with Gasteiger partial charge in [0.1, 0.15) is 16.5 Å². The maximum absolute atomic E-state index is 13.8. The van der Waals surface area contributed by atoms with Crippen molar-refractivity contribution in [3.8, 4) is 11.3 Å². The minimum atomic E-state index is -0.548. The molecule has 2 aromatic heterocycles. The molecule has 3 aromatic rings. The Morgan fingerprint density at radius 2 is 2.00 bits per heavy atom. The van der Waals surface area contributed by atoms with E-state index in [0.717, 1.165) is 11.3 Å². The Hall–Kier alpha value is -3.00. The molecule has 0 aliphatic carbocycles. The van der Waals surface area contributed by atoms with Crippen LogP contribution in [0.5, 0.6) is 0 Å². The molecule has 0 fully saturated rings. The van der Waals surface area contributed by atoms with Crippen molar-refractivity contribution in [2.45, 2.75) is 6.92 Å². The largest absolute Gasteiger partial charge is 0.465 e. The Morgan fingerprint density at radius 1 is 1.24 bits per heavy atom. The quantitative estimate of drug-likeness (QED) is 0.714. The van der Waals surface area contributed by atoms with Crippen LogP contribution >= 0.6 is 11.3 Å². The van der Waals surface area contributed by atoms with Gasteiger partial charge in [-0.15, -0.1) is 0 Å². The predicted octanol–water partition coefficient (Wildman–Crippen LogP) is 3.89. The normalized spacial score (nSPS) is 10.5. The van der Waals surface area contributed by atoms with Gasteiger partial charge in [0, 0.05) is 0 Å². The Balaban J connectivity index is 1.79. The number of carbonyl (C=O) groups is 2. The average molecular weight is 360 g/mol. The molecule has 3 rings (SSSR count). The number of hydrogen-bond donors (Lipinski definition) is 1. The van der Waals surface area contributed by atoms with E-state index in [2.05, 4.69) is 15.0 Å². The summed E-state index contributed by atoms with van der Waals surface area (Å²) in [5, 5.41) is 2.79. The van der Waals surface area contributed by atoms with Gasteiger partial charge in [0.25, 0.3) is 5.91 Å². The number of thiazole rings is 1. The van der Waals surface area contributed by atoms with E-state index in [1.54, 1.807) is 25.1 Å². The Morgan fingerprint density at radius 3 is 2.72 bits per heavy atom. The molecule has 0 saturated carbocycles. The zero-order chi connectivity index (χ0) is 18.0. The van der Waals surface area contributed by atoms with Gasteiger partial charge in [0.2, 0.25) is 0 Å². The summed E-state index contributed by atoms with van der Waals surface area (Å²) in [6.45, 7) is 1.64. The zero-order valence-electron chi connectivity index (χ0n) is 13.3. The molecule has 0 bridgehead atoms. The number of aromatic nitrogens is 1. The number of amides is 1. The second-order valence-electron chi connectivity index (χ2n) is 5.02. The fourth-order valence-electron chi connectivity index (χ4n) is 2.16. The molecule has 0 unspecified atom stereocenters. The number of methoxy groups -OCH3 is 1. The molecule has 0 aliphatic rings. The summed E-state index contributed by atoms with van der Waals surface area (Å²) >= 11 is 1.00. The summed E-state index contributed by atoms with van der Waals surface area (Å²) in [5.41, 5.74) is 0.721. The molecule has 2 heterocycles. The number of esters is 1. The van der Waals surface area contributed by atoms with Crippen LogP contribution in [0.1, 0.15) is 25.9 Å². The third-order valence-electron chi connectivity index (χ3n) is 3.36. The van der Waals surface area contributed by atoms with E-state index in [4.69, 9.17) is 4.42 Å². The average Bonchev–Trinajstić information content (AvgIpc) is 3.21. The maximum atomic E-state index is 13.8. The molecule has 6 nitrogen and oxygen atoms in total. The molecule has 0 aliphatic heterocycles. The maximum Gasteiger partial charge on any atom is 0.350 e. The lowest BCUT2D eigenvalue weighted by atomic mass is 10.1. The number of aryl methyl sites for hydroxylation is 1. The fraction of sp³-hybridized carbons (Fsp3) is 0.118. The Labute approximate surface area is 146 Å². The van der Waals surface area contributed by atoms with Crippen LogP contribution in [-0.2, 0) is 4.74 Å². The second-order valence-corrected chi connectivity index (χ2v) is 6.02. The first-order chi connectivity index (χ1) is 12.0. The summed E-state index contributed by atoms with van der Waals surface area (Å²) in [5.74, 6) is -1.26. The molecule has 1 amide bonds. The summed E-state index contributed by atoms with van der Waals surface area (Å²) in [7, 11) is 1.27. The van der Waals surface area contributed by atoms with E-state index in [0.29, 0.717) is 10.6 Å². The number of nitrogens with one attached hydrogen (secondary N) is 1. The minimum Gasteiger partial charge on any atom is -0.465 e. The van der Waals surface area contributed by atoms with Crippen LogP contribution < -0.4 is 5.32 Å². The van der Waals surface area contributed by atoms with Crippen molar-refractivity contribution in [2.24, 2.45) is 0 Å². The van der Waals surface area contributed by atoms with E-state index in [1.165, 1.54) is 25.3 Å². The van der Waals surface area contributed by atoms with Crippen LogP contribution in [0.2, 0.25) is 0 Å². The van der Waals surface area contributed by atoms with Crippen molar-refractivity contribution >= 4 is 28.3 Å². The summed E-state index contributed by atoms with van der Waals surface area (Å²) < 4.78 is 23.8. The standard InChI is InChI=1S/C17H13FN2O4S/c1-9-14(16(22)23-2)25-17(19-9)20-15(21)13-8-7-12(24-13)10-5-3-4-6-11(10)18/h3-8H,1-2H3,(H,19,20,21). The lowest BCUT2D eigenvalue weighted by molar-refractivity contribution is 0.0605. The highest BCUT2D eigenvalue weighted by Crippen LogP contribution is 2.27. The van der Waals surface area contributed by atoms with E-state index in [1.807, 2.05) is 0 Å². The Bertz CT molecular complexity index is 948. The molecule has 0 atom stereocenters. The molecule has 0 saturated heterocycles. The molecule has 128 valence electrons. The molecule has 1 aromatic carbocycles. The van der Waals surface area contributed by atoms with E-state index < -0.39 is 17.7 Å². The first kappa shape index (κ1) is 16.8. The van der Waals surface area contributed by atoms with Gasteiger partial charge in [-0.3, -0.25) is 10.1 Å². The fourth-order valence-corrected chi connectivity index (χ4v) is 3.04. The lowest BCUT2D eigenvalue weighted by Crippen LogP contribution is -2.10. The van der Waals surface area contributed by atoms with Gasteiger partial charge in [-0.05, 0) is 31.2 Å². The number of ether oxygens (including phenoxy) is 1. The molecule has 8 heteroatoms. The van der Waals surface area contributed by atoms with Crippen LogP contribution in [0.15, 0.2) is 40.8 Å². The van der Waals surface area contributed by atoms with Crippen LogP contribution in [-0.4, -0.2) is 24.0 Å². The summed E-state index contributed by atoms with van der Waals surface area (Å²) in [6.07, 6.45) is 0. The van der Waals surface area contributed by atoms with Crippen LogP contribution in [0.4, 0.5) is 9.52 Å². The third kappa shape index (κ3) is 3.43.